The molecule has 4 rings (SSSR count). The third kappa shape index (κ3) is 6.06. The highest BCUT2D eigenvalue weighted by atomic mass is 127. The Balaban J connectivity index is 1.60. The summed E-state index contributed by atoms with van der Waals surface area (Å²) in [5, 5.41) is 2.70. The molecular weight excluding hydrogens is 591 g/mol. The third-order valence-corrected chi connectivity index (χ3v) is 8.10. The van der Waals surface area contributed by atoms with Crippen molar-refractivity contribution < 1.29 is 14.3 Å². The largest absolute Gasteiger partial charge is 0.453 e. The lowest BCUT2D eigenvalue weighted by molar-refractivity contribution is -0.135. The Morgan fingerprint density at radius 1 is 1.16 bits per heavy atom. The van der Waals surface area contributed by atoms with Crippen molar-refractivity contribution in [2.24, 2.45) is 5.92 Å². The predicted octanol–water partition coefficient (Wildman–Crippen LogP) is 6.69. The quantitative estimate of drug-likeness (QED) is 0.298. The van der Waals surface area contributed by atoms with Crippen LogP contribution in [-0.4, -0.2) is 46.6 Å². The van der Waals surface area contributed by atoms with Crippen LogP contribution in [0.3, 0.4) is 0 Å². The van der Waals surface area contributed by atoms with Crippen molar-refractivity contribution in [3.05, 3.63) is 63.6 Å². The van der Waals surface area contributed by atoms with Gasteiger partial charge in [-0.05, 0) is 75.6 Å². The van der Waals surface area contributed by atoms with Gasteiger partial charge in [-0.25, -0.2) is 9.78 Å². The first-order chi connectivity index (χ1) is 18.0. The number of likely N-dealkylation sites (tertiary alicyclic amines) is 1. The first kappa shape index (κ1) is 28.1. The van der Waals surface area contributed by atoms with E-state index in [1.807, 2.05) is 24.9 Å². The van der Waals surface area contributed by atoms with E-state index in [2.05, 4.69) is 96.1 Å². The number of benzene rings is 2. The molecule has 1 aromatic heterocycles. The number of methoxy groups -OCH3 is 1. The molecule has 2 atom stereocenters. The minimum absolute atomic E-state index is 0.0722. The zero-order chi connectivity index (χ0) is 27.6. The number of alkyl carbamates (subject to hydrolysis) is 1. The predicted molar refractivity (Wildman–Crippen MR) is 159 cm³/mol. The van der Waals surface area contributed by atoms with E-state index in [0.717, 1.165) is 29.9 Å². The molecule has 202 valence electrons. The molecule has 38 heavy (non-hydrogen) atoms. The van der Waals surface area contributed by atoms with E-state index in [0.29, 0.717) is 6.54 Å². The van der Waals surface area contributed by atoms with E-state index in [4.69, 9.17) is 9.72 Å². The monoisotopic (exact) mass is 628 g/mol. The van der Waals surface area contributed by atoms with Crippen LogP contribution in [0.25, 0.3) is 22.4 Å². The molecule has 3 aromatic rings. The summed E-state index contributed by atoms with van der Waals surface area (Å²) in [4.78, 5) is 35.3. The number of rotatable bonds is 6. The standard InChI is InChI=1S/C30H37IN4O3/c1-18(2)26(34-29(37)38-6)28(36)35-14-8-11-25(35)27-32-17-24(33-27)20-12-13-23(31)22(16-20)19-9-7-10-21(15-19)30(3,4)5/h7,9-10,12-13,15-18,25-26H,8,11,14H2,1-6H3,(H,32,33)(H,34,37)/t25-,26-/m0/s1. The molecule has 1 aliphatic heterocycles. The molecule has 2 aromatic carbocycles. The maximum absolute atomic E-state index is 13.4. The second kappa shape index (κ2) is 11.5. The Morgan fingerprint density at radius 2 is 1.92 bits per heavy atom. The van der Waals surface area contributed by atoms with E-state index in [9.17, 15) is 9.59 Å². The van der Waals surface area contributed by atoms with E-state index < -0.39 is 12.1 Å². The fraction of sp³-hybridized carbons (Fsp3) is 0.433. The van der Waals surface area contributed by atoms with Gasteiger partial charge in [0.25, 0.3) is 0 Å². The number of halogens is 1. The van der Waals surface area contributed by atoms with Gasteiger partial charge in [-0.1, -0.05) is 65.0 Å². The summed E-state index contributed by atoms with van der Waals surface area (Å²) >= 11 is 2.39. The van der Waals surface area contributed by atoms with E-state index in [1.165, 1.54) is 27.4 Å². The summed E-state index contributed by atoms with van der Waals surface area (Å²) in [6.45, 7) is 11.1. The molecule has 0 bridgehead atoms. The van der Waals surface area contributed by atoms with Crippen LogP contribution < -0.4 is 5.32 Å². The average molecular weight is 629 g/mol. The number of hydrogen-bond acceptors (Lipinski definition) is 4. The first-order valence-electron chi connectivity index (χ1n) is 13.1. The lowest BCUT2D eigenvalue weighted by Gasteiger charge is -2.30. The first-order valence-corrected chi connectivity index (χ1v) is 14.2. The summed E-state index contributed by atoms with van der Waals surface area (Å²) in [7, 11) is 1.30. The Morgan fingerprint density at radius 3 is 2.61 bits per heavy atom. The Kier molecular flexibility index (Phi) is 8.49. The molecule has 1 fully saturated rings. The number of hydrogen-bond donors (Lipinski definition) is 2. The van der Waals surface area contributed by atoms with Crippen LogP contribution in [0.5, 0.6) is 0 Å². The smallest absolute Gasteiger partial charge is 0.407 e. The molecule has 0 aliphatic carbocycles. The molecule has 0 spiro atoms. The number of carbonyl (C=O) groups excluding carboxylic acids is 2. The summed E-state index contributed by atoms with van der Waals surface area (Å²) < 4.78 is 5.92. The zero-order valence-corrected chi connectivity index (χ0v) is 25.1. The van der Waals surface area contributed by atoms with Gasteiger partial charge >= 0.3 is 6.09 Å². The van der Waals surface area contributed by atoms with E-state index in [1.54, 1.807) is 0 Å². The number of nitrogens with one attached hydrogen (secondary N) is 2. The maximum Gasteiger partial charge on any atom is 0.407 e. The van der Waals surface area contributed by atoms with Crippen LogP contribution in [-0.2, 0) is 14.9 Å². The van der Waals surface area contributed by atoms with Gasteiger partial charge in [0.2, 0.25) is 5.91 Å². The van der Waals surface area contributed by atoms with Gasteiger partial charge in [0, 0.05) is 15.7 Å². The van der Waals surface area contributed by atoms with Gasteiger partial charge in [0.1, 0.15) is 11.9 Å². The van der Waals surface area contributed by atoms with E-state index >= 15 is 0 Å². The van der Waals surface area contributed by atoms with Crippen LogP contribution in [0.1, 0.15) is 64.9 Å². The van der Waals surface area contributed by atoms with Gasteiger partial charge < -0.3 is 19.9 Å². The van der Waals surface area contributed by atoms with Gasteiger partial charge in [-0.3, -0.25) is 4.79 Å². The van der Waals surface area contributed by atoms with Gasteiger partial charge in [-0.2, -0.15) is 0 Å². The molecule has 0 radical (unpaired) electrons. The van der Waals surface area contributed by atoms with Crippen LogP contribution in [0.15, 0.2) is 48.7 Å². The van der Waals surface area contributed by atoms with Gasteiger partial charge in [0.05, 0.1) is 25.0 Å². The highest BCUT2D eigenvalue weighted by Gasteiger charge is 2.37. The summed E-state index contributed by atoms with van der Waals surface area (Å²) in [5.74, 6) is 0.583. The highest BCUT2D eigenvalue weighted by molar-refractivity contribution is 14.1. The van der Waals surface area contributed by atoms with Gasteiger partial charge in [-0.15, -0.1) is 0 Å². The van der Waals surface area contributed by atoms with Crippen LogP contribution >= 0.6 is 22.6 Å². The number of ether oxygens (including phenoxy) is 1. The number of aromatic nitrogens is 2. The summed E-state index contributed by atoms with van der Waals surface area (Å²) in [6.07, 6.45) is 2.95. The lowest BCUT2D eigenvalue weighted by Crippen LogP contribution is -2.51. The molecule has 0 saturated carbocycles. The topological polar surface area (TPSA) is 87.3 Å². The van der Waals surface area contributed by atoms with Crippen LogP contribution in [0.4, 0.5) is 4.79 Å². The Bertz CT molecular complexity index is 1310. The summed E-state index contributed by atoms with van der Waals surface area (Å²) in [5.41, 5.74) is 5.70. The second-order valence-electron chi connectivity index (χ2n) is 11.3. The van der Waals surface area contributed by atoms with Crippen molar-refractivity contribution >= 4 is 34.6 Å². The Labute approximate surface area is 238 Å². The van der Waals surface area contributed by atoms with Crippen molar-refractivity contribution in [3.63, 3.8) is 0 Å². The molecule has 2 N–H and O–H groups in total. The zero-order valence-electron chi connectivity index (χ0n) is 23.0. The molecule has 8 heteroatoms. The molecule has 2 heterocycles. The SMILES string of the molecule is COC(=O)N[C@H](C(=O)N1CCC[C@H]1c1ncc(-c2ccc(I)c(-c3cccc(C(C)(C)C)c3)c2)[nH]1)C(C)C. The molecule has 2 amide bonds. The lowest BCUT2D eigenvalue weighted by atomic mass is 9.85. The minimum Gasteiger partial charge on any atom is -0.453 e. The Hall–Kier alpha value is -2.88. The molecule has 0 unspecified atom stereocenters. The van der Waals surface area contributed by atoms with Crippen molar-refractivity contribution in [1.29, 1.82) is 0 Å². The van der Waals surface area contributed by atoms with Crippen molar-refractivity contribution in [1.82, 2.24) is 20.2 Å². The summed E-state index contributed by atoms with van der Waals surface area (Å²) in [6, 6.07) is 14.4. The van der Waals surface area contributed by atoms with Gasteiger partial charge in [0.15, 0.2) is 0 Å². The van der Waals surface area contributed by atoms with Crippen LogP contribution in [0.2, 0.25) is 0 Å². The third-order valence-electron chi connectivity index (χ3n) is 7.16. The molecule has 7 nitrogen and oxygen atoms in total. The number of H-pyrrole nitrogens is 1. The number of imidazole rings is 1. The van der Waals surface area contributed by atoms with Crippen LogP contribution in [0, 0.1) is 9.49 Å². The molecule has 1 saturated heterocycles. The maximum atomic E-state index is 13.4. The minimum atomic E-state index is -0.653. The number of nitrogens with zero attached hydrogens (tertiary/aromatic N) is 2. The highest BCUT2D eigenvalue weighted by Crippen LogP contribution is 2.35. The fourth-order valence-electron chi connectivity index (χ4n) is 4.91. The van der Waals surface area contributed by atoms with Crippen molar-refractivity contribution in [2.75, 3.05) is 13.7 Å². The van der Waals surface area contributed by atoms with E-state index in [-0.39, 0.29) is 23.3 Å². The average Bonchev–Trinajstić information content (AvgIpc) is 3.56. The van der Waals surface area contributed by atoms with Crippen molar-refractivity contribution in [2.45, 2.75) is 65.0 Å². The number of amides is 2. The molecule has 1 aliphatic rings. The number of aromatic amines is 1. The number of carbonyl (C=O) groups is 2. The fourth-order valence-corrected chi connectivity index (χ4v) is 5.56. The van der Waals surface area contributed by atoms with Crippen molar-refractivity contribution in [3.8, 4) is 22.4 Å². The normalized spacial score (nSPS) is 16.5. The molecular formula is C30H37IN4O3. The second-order valence-corrected chi connectivity index (χ2v) is 12.4.